The molecule has 0 spiro atoms. The minimum atomic E-state index is -0.119. The van der Waals surface area contributed by atoms with Gasteiger partial charge in [-0.15, -0.1) is 0 Å². The van der Waals surface area contributed by atoms with Gasteiger partial charge in [-0.25, -0.2) is 9.97 Å². The van der Waals surface area contributed by atoms with Gasteiger partial charge in [0, 0.05) is 31.0 Å². The first-order valence-corrected chi connectivity index (χ1v) is 9.81. The molecule has 1 N–H and O–H groups in total. The third kappa shape index (κ3) is 4.37. The van der Waals surface area contributed by atoms with Crippen molar-refractivity contribution in [1.29, 1.82) is 0 Å². The molecule has 6 heteroatoms. The molecule has 1 aromatic heterocycles. The van der Waals surface area contributed by atoms with Crippen molar-refractivity contribution in [3.8, 4) is 16.9 Å². The molecule has 1 aliphatic heterocycles. The van der Waals surface area contributed by atoms with Gasteiger partial charge in [-0.05, 0) is 30.5 Å². The molecule has 3 aromatic rings. The zero-order valence-corrected chi connectivity index (χ0v) is 16.4. The highest BCUT2D eigenvalue weighted by Crippen LogP contribution is 2.27. The zero-order valence-electron chi connectivity index (χ0n) is 16.4. The summed E-state index contributed by atoms with van der Waals surface area (Å²) in [6, 6.07) is 17.5. The van der Waals surface area contributed by atoms with E-state index in [4.69, 9.17) is 4.74 Å². The lowest BCUT2D eigenvalue weighted by Gasteiger charge is -2.32. The Kier molecular flexibility index (Phi) is 5.70. The van der Waals surface area contributed by atoms with Gasteiger partial charge in [0.15, 0.2) is 0 Å². The maximum atomic E-state index is 12.8. The summed E-state index contributed by atoms with van der Waals surface area (Å²) in [6.07, 6.45) is 5.46. The monoisotopic (exact) mass is 388 g/mol. The van der Waals surface area contributed by atoms with Crippen LogP contribution in [0.2, 0.25) is 0 Å². The average molecular weight is 388 g/mol. The first kappa shape index (κ1) is 18.9. The number of carbonyl (C=O) groups excluding carboxylic acids is 1. The molecule has 0 radical (unpaired) electrons. The van der Waals surface area contributed by atoms with E-state index in [1.165, 1.54) is 0 Å². The molecule has 1 aliphatic rings. The van der Waals surface area contributed by atoms with Gasteiger partial charge < -0.3 is 15.0 Å². The van der Waals surface area contributed by atoms with E-state index in [1.807, 2.05) is 67.0 Å². The van der Waals surface area contributed by atoms with Crippen molar-refractivity contribution in [3.05, 3.63) is 67.0 Å². The number of para-hydroxylation sites is 2. The van der Waals surface area contributed by atoms with E-state index in [0.717, 1.165) is 30.5 Å². The Balaban J connectivity index is 1.43. The number of carbonyl (C=O) groups is 1. The first-order chi connectivity index (χ1) is 14.2. The van der Waals surface area contributed by atoms with Crippen LogP contribution in [-0.4, -0.2) is 36.1 Å². The molecule has 0 unspecified atom stereocenters. The first-order valence-electron chi connectivity index (χ1n) is 9.81. The fourth-order valence-electron chi connectivity index (χ4n) is 3.62. The number of anilines is 2. The number of benzene rings is 2. The molecule has 4 rings (SSSR count). The number of ether oxygens (including phenoxy) is 1. The lowest BCUT2D eigenvalue weighted by atomic mass is 9.97. The highest BCUT2D eigenvalue weighted by Gasteiger charge is 2.27. The van der Waals surface area contributed by atoms with Crippen molar-refractivity contribution >= 4 is 17.5 Å². The third-order valence-corrected chi connectivity index (χ3v) is 5.19. The largest absolute Gasteiger partial charge is 0.495 e. The highest BCUT2D eigenvalue weighted by molar-refractivity contribution is 5.94. The van der Waals surface area contributed by atoms with Crippen molar-refractivity contribution in [2.45, 2.75) is 12.8 Å². The number of nitrogens with one attached hydrogen (secondary N) is 1. The van der Waals surface area contributed by atoms with Crippen LogP contribution in [0.1, 0.15) is 12.8 Å². The molecule has 0 aliphatic carbocycles. The molecule has 2 aromatic carbocycles. The standard InChI is InChI=1S/C23H24N4O2/c1-29-21-12-6-5-11-20(21)26-22(28)18-10-7-13-27(16-18)23-24-14-19(15-25-23)17-8-3-2-4-9-17/h2-6,8-9,11-12,14-15,18H,7,10,13,16H2,1H3,(H,26,28)/t18-/m1/s1. The summed E-state index contributed by atoms with van der Waals surface area (Å²) >= 11 is 0. The highest BCUT2D eigenvalue weighted by atomic mass is 16.5. The maximum Gasteiger partial charge on any atom is 0.229 e. The van der Waals surface area contributed by atoms with Crippen LogP contribution in [0.15, 0.2) is 67.0 Å². The number of hydrogen-bond acceptors (Lipinski definition) is 5. The van der Waals surface area contributed by atoms with Crippen molar-refractivity contribution in [3.63, 3.8) is 0 Å². The van der Waals surface area contributed by atoms with Crippen LogP contribution in [0.3, 0.4) is 0 Å². The van der Waals surface area contributed by atoms with Crippen molar-refractivity contribution in [2.75, 3.05) is 30.4 Å². The molecule has 148 valence electrons. The van der Waals surface area contributed by atoms with Crippen molar-refractivity contribution in [1.82, 2.24) is 9.97 Å². The molecule has 0 bridgehead atoms. The van der Waals surface area contributed by atoms with E-state index >= 15 is 0 Å². The number of hydrogen-bond donors (Lipinski definition) is 1. The SMILES string of the molecule is COc1ccccc1NC(=O)[C@@H]1CCCN(c2ncc(-c3ccccc3)cn2)C1. The minimum Gasteiger partial charge on any atom is -0.495 e. The predicted octanol–water partition coefficient (Wildman–Crippen LogP) is 4.01. The van der Waals surface area contributed by atoms with Crippen molar-refractivity contribution in [2.24, 2.45) is 5.92 Å². The Morgan fingerprint density at radius 3 is 2.52 bits per heavy atom. The smallest absolute Gasteiger partial charge is 0.229 e. The van der Waals surface area contributed by atoms with Crippen LogP contribution >= 0.6 is 0 Å². The zero-order chi connectivity index (χ0) is 20.1. The van der Waals surface area contributed by atoms with Crippen molar-refractivity contribution < 1.29 is 9.53 Å². The van der Waals surface area contributed by atoms with Gasteiger partial charge in [-0.3, -0.25) is 4.79 Å². The average Bonchev–Trinajstić information content (AvgIpc) is 2.80. The van der Waals surface area contributed by atoms with Crippen LogP contribution in [0, 0.1) is 5.92 Å². The summed E-state index contributed by atoms with van der Waals surface area (Å²) in [5.41, 5.74) is 2.77. The Morgan fingerprint density at radius 1 is 1.03 bits per heavy atom. The van der Waals surface area contributed by atoms with E-state index in [1.54, 1.807) is 7.11 Å². The van der Waals surface area contributed by atoms with Gasteiger partial charge in [-0.2, -0.15) is 0 Å². The molecule has 29 heavy (non-hydrogen) atoms. The second-order valence-electron chi connectivity index (χ2n) is 7.11. The van der Waals surface area contributed by atoms with Gasteiger partial charge in [0.2, 0.25) is 11.9 Å². The Morgan fingerprint density at radius 2 is 1.76 bits per heavy atom. The fraction of sp³-hybridized carbons (Fsp3) is 0.261. The number of aromatic nitrogens is 2. The molecule has 1 atom stereocenters. The van der Waals surface area contributed by atoms with E-state index in [2.05, 4.69) is 20.2 Å². The van der Waals surface area contributed by atoms with Crippen LogP contribution in [0.4, 0.5) is 11.6 Å². The van der Waals surface area contributed by atoms with Gasteiger partial charge >= 0.3 is 0 Å². The van der Waals surface area contributed by atoms with Crippen LogP contribution in [-0.2, 0) is 4.79 Å². The number of methoxy groups -OCH3 is 1. The van der Waals surface area contributed by atoms with Gasteiger partial charge in [0.05, 0.1) is 18.7 Å². The lowest BCUT2D eigenvalue weighted by molar-refractivity contribution is -0.120. The molecule has 1 amide bonds. The van der Waals surface area contributed by atoms with E-state index in [9.17, 15) is 4.79 Å². The molecule has 6 nitrogen and oxygen atoms in total. The van der Waals surface area contributed by atoms with Crippen LogP contribution in [0.25, 0.3) is 11.1 Å². The number of piperidine rings is 1. The summed E-state index contributed by atoms with van der Waals surface area (Å²) in [4.78, 5) is 24.0. The summed E-state index contributed by atoms with van der Waals surface area (Å²) in [5, 5.41) is 3.00. The summed E-state index contributed by atoms with van der Waals surface area (Å²) in [6.45, 7) is 1.45. The fourth-order valence-corrected chi connectivity index (χ4v) is 3.62. The Hall–Kier alpha value is -3.41. The summed E-state index contributed by atoms with van der Waals surface area (Å²) in [7, 11) is 1.60. The van der Waals surface area contributed by atoms with E-state index < -0.39 is 0 Å². The molecule has 0 saturated carbocycles. The van der Waals surface area contributed by atoms with E-state index in [-0.39, 0.29) is 11.8 Å². The second kappa shape index (κ2) is 8.73. The second-order valence-corrected chi connectivity index (χ2v) is 7.11. The van der Waals surface area contributed by atoms with E-state index in [0.29, 0.717) is 23.9 Å². The molecule has 2 heterocycles. The quantitative estimate of drug-likeness (QED) is 0.715. The van der Waals surface area contributed by atoms with Crippen LogP contribution < -0.4 is 15.0 Å². The summed E-state index contributed by atoms with van der Waals surface area (Å²) in [5.74, 6) is 1.21. The molecule has 1 fully saturated rings. The predicted molar refractivity (Wildman–Crippen MR) is 114 cm³/mol. The Bertz CT molecular complexity index is 960. The van der Waals surface area contributed by atoms with Gasteiger partial charge in [0.25, 0.3) is 0 Å². The topological polar surface area (TPSA) is 67.3 Å². The number of nitrogens with zero attached hydrogens (tertiary/aromatic N) is 3. The van der Waals surface area contributed by atoms with Gasteiger partial charge in [0.1, 0.15) is 5.75 Å². The maximum absolute atomic E-state index is 12.8. The minimum absolute atomic E-state index is 0.0000979. The molecular formula is C23H24N4O2. The Labute approximate surface area is 170 Å². The molecular weight excluding hydrogens is 364 g/mol. The van der Waals surface area contributed by atoms with Crippen LogP contribution in [0.5, 0.6) is 5.75 Å². The lowest BCUT2D eigenvalue weighted by Crippen LogP contribution is -2.41. The normalized spacial score (nSPS) is 16.3. The summed E-state index contributed by atoms with van der Waals surface area (Å²) < 4.78 is 5.33. The van der Waals surface area contributed by atoms with Gasteiger partial charge in [-0.1, -0.05) is 42.5 Å². The molecule has 1 saturated heterocycles. The number of amides is 1. The third-order valence-electron chi connectivity index (χ3n) is 5.19. The number of rotatable bonds is 5.